The Balaban J connectivity index is 2.43. The summed E-state index contributed by atoms with van der Waals surface area (Å²) in [4.78, 5) is 23.4. The van der Waals surface area contributed by atoms with Gasteiger partial charge in [-0.25, -0.2) is 9.59 Å². The van der Waals surface area contributed by atoms with E-state index in [1.165, 1.54) is 0 Å². The molecule has 3 N–H and O–H groups in total. The Hall–Kier alpha value is -2.82. The zero-order valence-electron chi connectivity index (χ0n) is 14.2. The molecule has 126 valence electrons. The van der Waals surface area contributed by atoms with Gasteiger partial charge < -0.3 is 15.6 Å². The van der Waals surface area contributed by atoms with E-state index in [4.69, 9.17) is 10.5 Å². The second-order valence-corrected chi connectivity index (χ2v) is 6.59. The Morgan fingerprint density at radius 2 is 1.75 bits per heavy atom. The van der Waals surface area contributed by atoms with Crippen molar-refractivity contribution in [2.45, 2.75) is 33.3 Å². The van der Waals surface area contributed by atoms with Gasteiger partial charge in [-0.15, -0.1) is 0 Å². The van der Waals surface area contributed by atoms with Gasteiger partial charge in [-0.3, -0.25) is 0 Å². The Morgan fingerprint density at radius 3 is 2.29 bits per heavy atom. The van der Waals surface area contributed by atoms with E-state index in [-0.39, 0.29) is 5.56 Å². The summed E-state index contributed by atoms with van der Waals surface area (Å²) >= 11 is 0. The minimum absolute atomic E-state index is 0.225. The first-order valence-electron chi connectivity index (χ1n) is 7.56. The molecule has 0 unspecified atom stereocenters. The van der Waals surface area contributed by atoms with Gasteiger partial charge in [0.1, 0.15) is 5.60 Å². The van der Waals surface area contributed by atoms with Crippen LogP contribution in [0, 0.1) is 6.92 Å². The summed E-state index contributed by atoms with van der Waals surface area (Å²) in [5.74, 6) is -1.44. The zero-order valence-corrected chi connectivity index (χ0v) is 14.2. The molecule has 0 heterocycles. The van der Waals surface area contributed by atoms with E-state index in [1.807, 2.05) is 0 Å². The summed E-state index contributed by atoms with van der Waals surface area (Å²) in [6.07, 6.45) is 0. The number of ether oxygens (including phenoxy) is 1. The molecule has 0 spiro atoms. The van der Waals surface area contributed by atoms with Gasteiger partial charge in [0.15, 0.2) is 0 Å². The first-order valence-corrected chi connectivity index (χ1v) is 7.56. The van der Waals surface area contributed by atoms with Crippen molar-refractivity contribution in [3.8, 4) is 11.1 Å². The van der Waals surface area contributed by atoms with Crippen LogP contribution in [0.25, 0.3) is 11.1 Å². The predicted molar refractivity (Wildman–Crippen MR) is 93.2 cm³/mol. The minimum atomic E-state index is -0.988. The van der Waals surface area contributed by atoms with Crippen LogP contribution in [0.5, 0.6) is 0 Å². The maximum absolute atomic E-state index is 12.1. The van der Waals surface area contributed by atoms with E-state index < -0.39 is 17.5 Å². The quantitative estimate of drug-likeness (QED) is 0.659. The van der Waals surface area contributed by atoms with Gasteiger partial charge in [0.2, 0.25) is 0 Å². The molecule has 5 nitrogen and oxygen atoms in total. The molecule has 0 bridgehead atoms. The van der Waals surface area contributed by atoms with Crippen LogP contribution in [0.1, 0.15) is 47.1 Å². The number of esters is 1. The highest BCUT2D eigenvalue weighted by Gasteiger charge is 2.19. The van der Waals surface area contributed by atoms with Crippen LogP contribution in [-0.4, -0.2) is 22.6 Å². The lowest BCUT2D eigenvalue weighted by molar-refractivity contribution is 0.00694. The predicted octanol–water partition coefficient (Wildman–Crippen LogP) is 3.90. The van der Waals surface area contributed by atoms with Crippen molar-refractivity contribution in [2.24, 2.45) is 0 Å². The molecule has 0 aliphatic rings. The lowest BCUT2D eigenvalue weighted by atomic mass is 9.94. The van der Waals surface area contributed by atoms with Gasteiger partial charge in [0, 0.05) is 11.3 Å². The number of carbonyl (C=O) groups is 2. The van der Waals surface area contributed by atoms with Crippen LogP contribution >= 0.6 is 0 Å². The second kappa shape index (κ2) is 6.35. The number of anilines is 1. The van der Waals surface area contributed by atoms with Crippen LogP contribution in [-0.2, 0) is 4.74 Å². The normalized spacial score (nSPS) is 11.2. The van der Waals surface area contributed by atoms with E-state index in [1.54, 1.807) is 64.1 Å². The SMILES string of the molecule is Cc1c(C(=O)O)cccc1-c1ccc(C(=O)OC(C)(C)C)cc1N. The van der Waals surface area contributed by atoms with Crippen LogP contribution < -0.4 is 5.73 Å². The monoisotopic (exact) mass is 327 g/mol. The number of hydrogen-bond acceptors (Lipinski definition) is 4. The number of aromatic carboxylic acids is 1. The number of hydrogen-bond donors (Lipinski definition) is 2. The molecule has 0 amide bonds. The molecule has 5 heteroatoms. The third-order valence-corrected chi connectivity index (χ3v) is 3.54. The Bertz CT molecular complexity index is 803. The smallest absolute Gasteiger partial charge is 0.338 e. The highest BCUT2D eigenvalue weighted by atomic mass is 16.6. The van der Waals surface area contributed by atoms with E-state index in [2.05, 4.69) is 0 Å². The summed E-state index contributed by atoms with van der Waals surface area (Å²) in [7, 11) is 0. The highest BCUT2D eigenvalue weighted by Crippen LogP contribution is 2.31. The van der Waals surface area contributed by atoms with Crippen molar-refractivity contribution < 1.29 is 19.4 Å². The van der Waals surface area contributed by atoms with E-state index in [0.29, 0.717) is 22.4 Å². The van der Waals surface area contributed by atoms with E-state index >= 15 is 0 Å². The molecule has 0 atom stereocenters. The molecule has 2 aromatic rings. The Morgan fingerprint density at radius 1 is 1.08 bits per heavy atom. The van der Waals surface area contributed by atoms with Crippen molar-refractivity contribution in [1.29, 1.82) is 0 Å². The van der Waals surface area contributed by atoms with Gasteiger partial charge in [-0.1, -0.05) is 18.2 Å². The first-order chi connectivity index (χ1) is 11.1. The standard InChI is InChI=1S/C19H21NO4/c1-11-13(6-5-7-14(11)17(21)22)15-9-8-12(10-16(15)20)18(23)24-19(2,3)4/h5-10H,20H2,1-4H3,(H,21,22). The molecule has 0 aliphatic carbocycles. The molecule has 0 aromatic heterocycles. The van der Waals surface area contributed by atoms with Crippen molar-refractivity contribution in [1.82, 2.24) is 0 Å². The summed E-state index contributed by atoms with van der Waals surface area (Å²) in [5.41, 5.74) is 8.52. The molecule has 0 saturated heterocycles. The molecular weight excluding hydrogens is 306 g/mol. The van der Waals surface area contributed by atoms with Crippen molar-refractivity contribution in [3.63, 3.8) is 0 Å². The number of benzene rings is 2. The number of carboxylic acids is 1. The van der Waals surface area contributed by atoms with Gasteiger partial charge >= 0.3 is 11.9 Å². The third kappa shape index (κ3) is 3.74. The van der Waals surface area contributed by atoms with Gasteiger partial charge in [-0.2, -0.15) is 0 Å². The van der Waals surface area contributed by atoms with E-state index in [0.717, 1.165) is 5.56 Å². The average Bonchev–Trinajstić information content (AvgIpc) is 2.45. The number of carboxylic acid groups (broad SMARTS) is 1. The third-order valence-electron chi connectivity index (χ3n) is 3.54. The maximum atomic E-state index is 12.1. The summed E-state index contributed by atoms with van der Waals surface area (Å²) in [6, 6.07) is 9.92. The molecule has 2 rings (SSSR count). The number of nitrogen functional groups attached to an aromatic ring is 1. The fraction of sp³-hybridized carbons (Fsp3) is 0.263. The molecule has 0 aliphatic heterocycles. The largest absolute Gasteiger partial charge is 0.478 e. The van der Waals surface area contributed by atoms with Crippen LogP contribution in [0.15, 0.2) is 36.4 Å². The zero-order chi connectivity index (χ0) is 18.1. The van der Waals surface area contributed by atoms with Crippen molar-refractivity contribution in [3.05, 3.63) is 53.1 Å². The van der Waals surface area contributed by atoms with Crippen molar-refractivity contribution >= 4 is 17.6 Å². The number of nitrogens with two attached hydrogens (primary N) is 1. The second-order valence-electron chi connectivity index (χ2n) is 6.59. The molecule has 2 aromatic carbocycles. The summed E-state index contributed by atoms with van der Waals surface area (Å²) in [6.45, 7) is 7.12. The Kier molecular flexibility index (Phi) is 4.64. The average molecular weight is 327 g/mol. The van der Waals surface area contributed by atoms with Crippen LogP contribution in [0.4, 0.5) is 5.69 Å². The van der Waals surface area contributed by atoms with Gasteiger partial charge in [0.05, 0.1) is 11.1 Å². The van der Waals surface area contributed by atoms with Crippen LogP contribution in [0.3, 0.4) is 0 Å². The summed E-state index contributed by atoms with van der Waals surface area (Å²) < 4.78 is 5.33. The number of rotatable bonds is 3. The fourth-order valence-electron chi connectivity index (χ4n) is 2.43. The molecular formula is C19H21NO4. The fourth-order valence-corrected chi connectivity index (χ4v) is 2.43. The van der Waals surface area contributed by atoms with Gasteiger partial charge in [0.25, 0.3) is 0 Å². The molecule has 24 heavy (non-hydrogen) atoms. The first kappa shape index (κ1) is 17.5. The van der Waals surface area contributed by atoms with Crippen molar-refractivity contribution in [2.75, 3.05) is 5.73 Å². The molecule has 0 fully saturated rings. The van der Waals surface area contributed by atoms with Gasteiger partial charge in [-0.05, 0) is 57.0 Å². The Labute approximate surface area is 141 Å². The maximum Gasteiger partial charge on any atom is 0.338 e. The lowest BCUT2D eigenvalue weighted by Gasteiger charge is -2.20. The topological polar surface area (TPSA) is 89.6 Å². The number of carbonyl (C=O) groups excluding carboxylic acids is 1. The minimum Gasteiger partial charge on any atom is -0.478 e. The lowest BCUT2D eigenvalue weighted by Crippen LogP contribution is -2.23. The molecule has 0 radical (unpaired) electrons. The molecule has 0 saturated carbocycles. The van der Waals surface area contributed by atoms with Crippen LogP contribution in [0.2, 0.25) is 0 Å². The highest BCUT2D eigenvalue weighted by molar-refractivity contribution is 5.95. The summed E-state index contributed by atoms with van der Waals surface area (Å²) in [5, 5.41) is 9.24. The van der Waals surface area contributed by atoms with E-state index in [9.17, 15) is 14.7 Å².